The molecule has 0 amide bonds. The average molecular weight is 338 g/mol. The van der Waals surface area contributed by atoms with Gasteiger partial charge in [0.25, 0.3) is 0 Å². The Balaban J connectivity index is 0.00000176. The third-order valence-electron chi connectivity index (χ3n) is 3.85. The SMILES string of the molecule is CC(CO)(CO)NCc1cc2ccc3ccccc3c2s1.Cl. The maximum Gasteiger partial charge on any atom is 0.0633 e. The van der Waals surface area contributed by atoms with E-state index in [0.29, 0.717) is 6.54 Å². The molecular formula is C17H20ClNO2S. The Morgan fingerprint density at radius 2 is 1.73 bits per heavy atom. The summed E-state index contributed by atoms with van der Waals surface area (Å²) in [7, 11) is 0. The average Bonchev–Trinajstić information content (AvgIpc) is 2.96. The van der Waals surface area contributed by atoms with Crippen molar-refractivity contribution in [2.45, 2.75) is 19.0 Å². The van der Waals surface area contributed by atoms with Crippen LogP contribution in [0.4, 0.5) is 0 Å². The third kappa shape index (κ3) is 3.26. The number of rotatable bonds is 5. The van der Waals surface area contributed by atoms with Gasteiger partial charge in [-0.15, -0.1) is 23.7 Å². The highest BCUT2D eigenvalue weighted by atomic mass is 35.5. The Hall–Kier alpha value is -1.17. The van der Waals surface area contributed by atoms with Gasteiger partial charge in [0.1, 0.15) is 0 Å². The van der Waals surface area contributed by atoms with Crippen LogP contribution in [0.3, 0.4) is 0 Å². The van der Waals surface area contributed by atoms with Gasteiger partial charge in [-0.3, -0.25) is 0 Å². The first-order chi connectivity index (χ1) is 10.1. The third-order valence-corrected chi connectivity index (χ3v) is 5.03. The molecule has 0 aliphatic carbocycles. The molecule has 0 radical (unpaired) electrons. The topological polar surface area (TPSA) is 52.5 Å². The highest BCUT2D eigenvalue weighted by molar-refractivity contribution is 7.20. The summed E-state index contributed by atoms with van der Waals surface area (Å²) in [5.41, 5.74) is -0.641. The van der Waals surface area contributed by atoms with Crippen LogP contribution in [0.25, 0.3) is 20.9 Å². The monoisotopic (exact) mass is 337 g/mol. The van der Waals surface area contributed by atoms with Crippen molar-refractivity contribution in [2.75, 3.05) is 13.2 Å². The van der Waals surface area contributed by atoms with Crippen LogP contribution in [-0.2, 0) is 6.54 Å². The van der Waals surface area contributed by atoms with E-state index in [2.05, 4.69) is 47.8 Å². The number of benzene rings is 2. The molecule has 3 nitrogen and oxygen atoms in total. The summed E-state index contributed by atoms with van der Waals surface area (Å²) in [6.45, 7) is 2.29. The van der Waals surface area contributed by atoms with Gasteiger partial charge in [-0.25, -0.2) is 0 Å². The summed E-state index contributed by atoms with van der Waals surface area (Å²) in [6.07, 6.45) is 0. The number of nitrogens with one attached hydrogen (secondary N) is 1. The van der Waals surface area contributed by atoms with Crippen molar-refractivity contribution in [3.63, 3.8) is 0 Å². The number of aliphatic hydroxyl groups excluding tert-OH is 2. The Morgan fingerprint density at radius 3 is 2.45 bits per heavy atom. The van der Waals surface area contributed by atoms with E-state index in [9.17, 15) is 10.2 Å². The molecule has 5 heteroatoms. The van der Waals surface area contributed by atoms with Gasteiger partial charge in [0, 0.05) is 16.1 Å². The van der Waals surface area contributed by atoms with E-state index in [-0.39, 0.29) is 25.6 Å². The molecule has 1 heterocycles. The Labute approximate surface area is 140 Å². The van der Waals surface area contributed by atoms with E-state index in [1.54, 1.807) is 11.3 Å². The predicted octanol–water partition coefficient (Wildman–Crippen LogP) is 3.31. The molecule has 3 N–H and O–H groups in total. The van der Waals surface area contributed by atoms with E-state index in [4.69, 9.17) is 0 Å². The van der Waals surface area contributed by atoms with E-state index in [0.717, 1.165) is 0 Å². The largest absolute Gasteiger partial charge is 0.394 e. The molecule has 0 unspecified atom stereocenters. The quantitative estimate of drug-likeness (QED) is 0.669. The molecular weight excluding hydrogens is 318 g/mol. The first kappa shape index (κ1) is 17.2. The summed E-state index contributed by atoms with van der Waals surface area (Å²) >= 11 is 1.76. The Bertz CT molecular complexity index is 768. The first-order valence-corrected chi connectivity index (χ1v) is 7.84. The Kier molecular flexibility index (Phi) is 5.42. The second kappa shape index (κ2) is 6.94. The van der Waals surface area contributed by atoms with Crippen molar-refractivity contribution in [1.82, 2.24) is 5.32 Å². The molecule has 0 fully saturated rings. The summed E-state index contributed by atoms with van der Waals surface area (Å²) in [5.74, 6) is 0. The summed E-state index contributed by atoms with van der Waals surface area (Å²) in [4.78, 5) is 1.20. The van der Waals surface area contributed by atoms with Crippen LogP contribution in [0.5, 0.6) is 0 Å². The van der Waals surface area contributed by atoms with E-state index in [1.165, 1.54) is 25.7 Å². The highest BCUT2D eigenvalue weighted by Gasteiger charge is 2.21. The van der Waals surface area contributed by atoms with E-state index < -0.39 is 5.54 Å². The zero-order valence-electron chi connectivity index (χ0n) is 12.4. The highest BCUT2D eigenvalue weighted by Crippen LogP contribution is 2.32. The summed E-state index contributed by atoms with van der Waals surface area (Å²) in [6, 6.07) is 14.9. The number of fused-ring (bicyclic) bond motifs is 3. The molecule has 3 rings (SSSR count). The predicted molar refractivity (Wildman–Crippen MR) is 96.0 cm³/mol. The number of thiophene rings is 1. The van der Waals surface area contributed by atoms with Crippen LogP contribution < -0.4 is 5.32 Å². The summed E-state index contributed by atoms with van der Waals surface area (Å²) < 4.78 is 1.29. The Morgan fingerprint density at radius 1 is 1.05 bits per heavy atom. The molecule has 1 aromatic heterocycles. The molecule has 0 saturated carbocycles. The van der Waals surface area contributed by atoms with Gasteiger partial charge in [-0.2, -0.15) is 0 Å². The minimum atomic E-state index is -0.641. The van der Waals surface area contributed by atoms with Gasteiger partial charge >= 0.3 is 0 Å². The van der Waals surface area contributed by atoms with Gasteiger partial charge in [0.2, 0.25) is 0 Å². The normalized spacial score (nSPS) is 11.8. The van der Waals surface area contributed by atoms with Crippen LogP contribution in [0.2, 0.25) is 0 Å². The lowest BCUT2D eigenvalue weighted by Crippen LogP contribution is -2.48. The fourth-order valence-electron chi connectivity index (χ4n) is 2.37. The number of hydrogen-bond donors (Lipinski definition) is 3. The van der Waals surface area contributed by atoms with Crippen molar-refractivity contribution >= 4 is 44.6 Å². The van der Waals surface area contributed by atoms with Gasteiger partial charge in [-0.1, -0.05) is 36.4 Å². The lowest BCUT2D eigenvalue weighted by atomic mass is 10.1. The van der Waals surface area contributed by atoms with Gasteiger partial charge in [-0.05, 0) is 29.1 Å². The fraction of sp³-hybridized carbons (Fsp3) is 0.294. The molecule has 0 aliphatic heterocycles. The van der Waals surface area contributed by atoms with Crippen molar-refractivity contribution < 1.29 is 10.2 Å². The molecule has 3 aromatic rings. The van der Waals surface area contributed by atoms with Crippen LogP contribution >= 0.6 is 23.7 Å². The molecule has 118 valence electrons. The fourth-order valence-corrected chi connectivity index (χ4v) is 3.50. The van der Waals surface area contributed by atoms with Gasteiger partial charge in [0.05, 0.1) is 18.8 Å². The zero-order chi connectivity index (χ0) is 14.9. The van der Waals surface area contributed by atoms with Crippen LogP contribution in [0.1, 0.15) is 11.8 Å². The second-order valence-corrected chi connectivity index (χ2v) is 6.78. The maximum atomic E-state index is 9.33. The van der Waals surface area contributed by atoms with Crippen LogP contribution in [-0.4, -0.2) is 29.0 Å². The molecule has 0 atom stereocenters. The molecule has 0 aliphatic rings. The number of hydrogen-bond acceptors (Lipinski definition) is 4. The van der Waals surface area contributed by atoms with Crippen molar-refractivity contribution in [3.8, 4) is 0 Å². The van der Waals surface area contributed by atoms with Crippen molar-refractivity contribution in [2.24, 2.45) is 0 Å². The standard InChI is InChI=1S/C17H19NO2S.ClH/c1-17(10-19,11-20)18-9-14-8-13-7-6-12-4-2-3-5-15(12)16(13)21-14;/h2-8,18-20H,9-11H2,1H3;1H. The van der Waals surface area contributed by atoms with Crippen molar-refractivity contribution in [1.29, 1.82) is 0 Å². The van der Waals surface area contributed by atoms with Gasteiger partial charge in [0.15, 0.2) is 0 Å². The van der Waals surface area contributed by atoms with Crippen LogP contribution in [0, 0.1) is 0 Å². The first-order valence-electron chi connectivity index (χ1n) is 7.02. The number of halogens is 1. The molecule has 2 aromatic carbocycles. The van der Waals surface area contributed by atoms with Gasteiger partial charge < -0.3 is 15.5 Å². The lowest BCUT2D eigenvalue weighted by molar-refractivity contribution is 0.103. The molecule has 0 bridgehead atoms. The second-order valence-electron chi connectivity index (χ2n) is 5.65. The zero-order valence-corrected chi connectivity index (χ0v) is 14.0. The minimum absolute atomic E-state index is 0. The molecule has 0 spiro atoms. The number of aliphatic hydroxyl groups is 2. The lowest BCUT2D eigenvalue weighted by Gasteiger charge is -2.25. The summed E-state index contributed by atoms with van der Waals surface area (Å²) in [5, 5.41) is 25.7. The smallest absolute Gasteiger partial charge is 0.0633 e. The van der Waals surface area contributed by atoms with E-state index >= 15 is 0 Å². The molecule has 0 saturated heterocycles. The van der Waals surface area contributed by atoms with Crippen molar-refractivity contribution in [3.05, 3.63) is 47.3 Å². The molecule has 22 heavy (non-hydrogen) atoms. The van der Waals surface area contributed by atoms with E-state index in [1.807, 2.05) is 6.92 Å². The maximum absolute atomic E-state index is 9.33. The minimum Gasteiger partial charge on any atom is -0.394 e. The van der Waals surface area contributed by atoms with Crippen LogP contribution in [0.15, 0.2) is 42.5 Å².